The standard InChI is InChI=1S/C16H27N3O2/c1-16(2,3)18-15(20)12-19(11-7-10-17)13-8-5-6-9-14(13)21-4/h5-6,8-9H,7,10-12,17H2,1-4H3,(H,18,20). The number of methoxy groups -OCH3 is 1. The van der Waals surface area contributed by atoms with E-state index in [9.17, 15) is 4.79 Å². The maximum atomic E-state index is 12.2. The summed E-state index contributed by atoms with van der Waals surface area (Å²) in [5, 5.41) is 2.98. The van der Waals surface area contributed by atoms with Gasteiger partial charge in [-0.25, -0.2) is 0 Å². The van der Waals surface area contributed by atoms with Crippen LogP contribution in [0.25, 0.3) is 0 Å². The Kier molecular flexibility index (Phi) is 6.49. The van der Waals surface area contributed by atoms with Gasteiger partial charge in [-0.3, -0.25) is 4.79 Å². The largest absolute Gasteiger partial charge is 0.495 e. The van der Waals surface area contributed by atoms with Crippen LogP contribution in [-0.2, 0) is 4.79 Å². The first-order valence-electron chi connectivity index (χ1n) is 7.26. The molecular weight excluding hydrogens is 266 g/mol. The van der Waals surface area contributed by atoms with E-state index in [2.05, 4.69) is 5.32 Å². The molecule has 0 bridgehead atoms. The molecule has 0 aliphatic rings. The molecule has 0 fully saturated rings. The number of nitrogens with one attached hydrogen (secondary N) is 1. The Labute approximate surface area is 127 Å². The molecule has 1 aromatic rings. The fourth-order valence-electron chi connectivity index (χ4n) is 2.09. The Morgan fingerprint density at radius 3 is 2.57 bits per heavy atom. The van der Waals surface area contributed by atoms with Crippen LogP contribution in [0.5, 0.6) is 5.75 Å². The van der Waals surface area contributed by atoms with E-state index in [1.807, 2.05) is 49.9 Å². The molecule has 0 heterocycles. The van der Waals surface area contributed by atoms with Crippen LogP contribution >= 0.6 is 0 Å². The summed E-state index contributed by atoms with van der Waals surface area (Å²) in [6.45, 7) is 7.51. The van der Waals surface area contributed by atoms with Crippen molar-refractivity contribution in [1.82, 2.24) is 5.32 Å². The number of ether oxygens (including phenoxy) is 1. The zero-order chi connectivity index (χ0) is 15.9. The Morgan fingerprint density at radius 1 is 1.33 bits per heavy atom. The minimum absolute atomic E-state index is 0.00886. The SMILES string of the molecule is COc1ccccc1N(CCCN)CC(=O)NC(C)(C)C. The summed E-state index contributed by atoms with van der Waals surface area (Å²) in [7, 11) is 1.63. The number of hydrogen-bond acceptors (Lipinski definition) is 4. The van der Waals surface area contributed by atoms with Gasteiger partial charge in [-0.15, -0.1) is 0 Å². The van der Waals surface area contributed by atoms with Gasteiger partial charge >= 0.3 is 0 Å². The molecule has 0 aliphatic carbocycles. The van der Waals surface area contributed by atoms with Gasteiger partial charge in [0, 0.05) is 12.1 Å². The van der Waals surface area contributed by atoms with Crippen LogP contribution in [0.2, 0.25) is 0 Å². The van der Waals surface area contributed by atoms with Gasteiger partial charge in [-0.1, -0.05) is 12.1 Å². The van der Waals surface area contributed by atoms with E-state index in [0.717, 1.165) is 17.9 Å². The Bertz CT molecular complexity index is 455. The van der Waals surface area contributed by atoms with Crippen molar-refractivity contribution >= 4 is 11.6 Å². The molecule has 1 aromatic carbocycles. The predicted octanol–water partition coefficient (Wildman–Crippen LogP) is 1.77. The first-order chi connectivity index (χ1) is 9.87. The van der Waals surface area contributed by atoms with Gasteiger partial charge in [-0.2, -0.15) is 0 Å². The monoisotopic (exact) mass is 293 g/mol. The smallest absolute Gasteiger partial charge is 0.239 e. The number of amides is 1. The molecular formula is C16H27N3O2. The number of carbonyl (C=O) groups is 1. The maximum Gasteiger partial charge on any atom is 0.239 e. The number of nitrogens with zero attached hydrogens (tertiary/aromatic N) is 1. The molecule has 3 N–H and O–H groups in total. The van der Waals surface area contributed by atoms with E-state index in [4.69, 9.17) is 10.5 Å². The minimum Gasteiger partial charge on any atom is -0.495 e. The molecule has 0 saturated heterocycles. The Morgan fingerprint density at radius 2 is 2.00 bits per heavy atom. The maximum absolute atomic E-state index is 12.2. The molecule has 21 heavy (non-hydrogen) atoms. The molecule has 5 nitrogen and oxygen atoms in total. The highest BCUT2D eigenvalue weighted by Gasteiger charge is 2.18. The molecule has 0 saturated carbocycles. The molecule has 0 aromatic heterocycles. The van der Waals surface area contributed by atoms with Crippen molar-refractivity contribution in [3.05, 3.63) is 24.3 Å². The van der Waals surface area contributed by atoms with Crippen LogP contribution in [0.15, 0.2) is 24.3 Å². The summed E-state index contributed by atoms with van der Waals surface area (Å²) in [6.07, 6.45) is 0.820. The number of nitrogens with two attached hydrogens (primary N) is 1. The predicted molar refractivity (Wildman–Crippen MR) is 86.8 cm³/mol. The average Bonchev–Trinajstić information content (AvgIpc) is 2.41. The average molecular weight is 293 g/mol. The molecule has 1 amide bonds. The van der Waals surface area contributed by atoms with Crippen molar-refractivity contribution in [3.8, 4) is 5.75 Å². The molecule has 118 valence electrons. The highest BCUT2D eigenvalue weighted by Crippen LogP contribution is 2.27. The van der Waals surface area contributed by atoms with Crippen LogP contribution in [0.3, 0.4) is 0 Å². The zero-order valence-electron chi connectivity index (χ0n) is 13.5. The topological polar surface area (TPSA) is 67.6 Å². The minimum atomic E-state index is -0.239. The summed E-state index contributed by atoms with van der Waals surface area (Å²) in [5.41, 5.74) is 6.28. The summed E-state index contributed by atoms with van der Waals surface area (Å²) in [5.74, 6) is 0.753. The van der Waals surface area contributed by atoms with Crippen molar-refractivity contribution in [1.29, 1.82) is 0 Å². The third-order valence-electron chi connectivity index (χ3n) is 2.91. The second-order valence-electron chi connectivity index (χ2n) is 6.03. The van der Waals surface area contributed by atoms with Crippen LogP contribution in [0.1, 0.15) is 27.2 Å². The van der Waals surface area contributed by atoms with Crippen LogP contribution in [0, 0.1) is 0 Å². The lowest BCUT2D eigenvalue weighted by atomic mass is 10.1. The number of benzene rings is 1. The van der Waals surface area contributed by atoms with E-state index < -0.39 is 0 Å². The van der Waals surface area contributed by atoms with Crippen LogP contribution in [0.4, 0.5) is 5.69 Å². The number of anilines is 1. The Hall–Kier alpha value is -1.75. The summed E-state index contributed by atoms with van der Waals surface area (Å²) in [4.78, 5) is 14.2. The lowest BCUT2D eigenvalue weighted by Gasteiger charge is -2.28. The molecule has 0 aliphatic heterocycles. The quantitative estimate of drug-likeness (QED) is 0.804. The van der Waals surface area contributed by atoms with E-state index in [1.165, 1.54) is 0 Å². The van der Waals surface area contributed by atoms with E-state index >= 15 is 0 Å². The second kappa shape index (κ2) is 7.88. The second-order valence-corrected chi connectivity index (χ2v) is 6.03. The highest BCUT2D eigenvalue weighted by molar-refractivity contribution is 5.82. The fourth-order valence-corrected chi connectivity index (χ4v) is 2.09. The fraction of sp³-hybridized carbons (Fsp3) is 0.562. The molecule has 5 heteroatoms. The summed E-state index contributed by atoms with van der Waals surface area (Å²) < 4.78 is 5.38. The number of carbonyl (C=O) groups excluding carboxylic acids is 1. The normalized spacial score (nSPS) is 11.1. The third-order valence-corrected chi connectivity index (χ3v) is 2.91. The van der Waals surface area contributed by atoms with E-state index in [0.29, 0.717) is 13.1 Å². The van der Waals surface area contributed by atoms with Crippen LogP contribution in [-0.4, -0.2) is 38.2 Å². The van der Waals surface area contributed by atoms with Crippen molar-refractivity contribution in [2.75, 3.05) is 31.6 Å². The van der Waals surface area contributed by atoms with E-state index in [1.54, 1.807) is 7.11 Å². The molecule has 0 spiro atoms. The van der Waals surface area contributed by atoms with Gasteiger partial charge in [0.1, 0.15) is 5.75 Å². The van der Waals surface area contributed by atoms with Gasteiger partial charge in [0.05, 0.1) is 19.3 Å². The summed E-state index contributed by atoms with van der Waals surface area (Å²) in [6, 6.07) is 7.71. The van der Waals surface area contributed by atoms with Crippen LogP contribution < -0.4 is 20.7 Å². The molecule has 1 rings (SSSR count). The van der Waals surface area contributed by atoms with E-state index in [-0.39, 0.29) is 18.0 Å². The number of rotatable bonds is 7. The van der Waals surface area contributed by atoms with Gasteiger partial charge in [0.2, 0.25) is 5.91 Å². The van der Waals surface area contributed by atoms with Crippen molar-refractivity contribution < 1.29 is 9.53 Å². The molecule has 0 atom stereocenters. The molecule has 0 unspecified atom stereocenters. The van der Waals surface area contributed by atoms with Crippen molar-refractivity contribution in [3.63, 3.8) is 0 Å². The van der Waals surface area contributed by atoms with Crippen molar-refractivity contribution in [2.45, 2.75) is 32.7 Å². The lowest BCUT2D eigenvalue weighted by Crippen LogP contribution is -2.46. The first kappa shape index (κ1) is 17.3. The zero-order valence-corrected chi connectivity index (χ0v) is 13.5. The highest BCUT2D eigenvalue weighted by atomic mass is 16.5. The van der Waals surface area contributed by atoms with Gasteiger partial charge in [-0.05, 0) is 45.9 Å². The summed E-state index contributed by atoms with van der Waals surface area (Å²) >= 11 is 0. The number of para-hydroxylation sites is 2. The van der Waals surface area contributed by atoms with Gasteiger partial charge < -0.3 is 20.7 Å². The Balaban J connectivity index is 2.87. The lowest BCUT2D eigenvalue weighted by molar-refractivity contribution is -0.121. The third kappa shape index (κ3) is 6.04. The first-order valence-corrected chi connectivity index (χ1v) is 7.26. The number of hydrogen-bond donors (Lipinski definition) is 2. The van der Waals surface area contributed by atoms with Gasteiger partial charge in [0.15, 0.2) is 0 Å². The van der Waals surface area contributed by atoms with Crippen molar-refractivity contribution in [2.24, 2.45) is 5.73 Å². The molecule has 0 radical (unpaired) electrons. The van der Waals surface area contributed by atoms with Gasteiger partial charge in [0.25, 0.3) is 0 Å².